The highest BCUT2D eigenvalue weighted by atomic mass is 16.5. The molecule has 0 aromatic carbocycles. The summed E-state index contributed by atoms with van der Waals surface area (Å²) in [4.78, 5) is 34.3. The van der Waals surface area contributed by atoms with Gasteiger partial charge in [0, 0.05) is 20.2 Å². The number of nitrogens with one attached hydrogen (secondary N) is 1. The Bertz CT molecular complexity index is 353. The first-order chi connectivity index (χ1) is 8.90. The number of likely N-dealkylation sites (N-methyl/N-ethyl adjacent to an activating group) is 1. The van der Waals surface area contributed by atoms with E-state index in [1.165, 1.54) is 11.9 Å². The molecule has 1 saturated heterocycles. The zero-order valence-corrected chi connectivity index (χ0v) is 10.7. The molecule has 8 heteroatoms. The second-order valence-electron chi connectivity index (χ2n) is 4.45. The lowest BCUT2D eigenvalue weighted by atomic mass is 10.2. The molecule has 2 atom stereocenters. The lowest BCUT2D eigenvalue weighted by Crippen LogP contribution is -2.49. The summed E-state index contributed by atoms with van der Waals surface area (Å²) >= 11 is 0. The fourth-order valence-electron chi connectivity index (χ4n) is 1.81. The summed E-state index contributed by atoms with van der Waals surface area (Å²) in [6.45, 7) is 1.02. The molecule has 8 nitrogen and oxygen atoms in total. The summed E-state index contributed by atoms with van der Waals surface area (Å²) in [5.41, 5.74) is 0. The topological polar surface area (TPSA) is 116 Å². The van der Waals surface area contributed by atoms with Crippen molar-refractivity contribution in [2.24, 2.45) is 0 Å². The maximum atomic E-state index is 11.7. The van der Waals surface area contributed by atoms with Crippen LogP contribution in [0, 0.1) is 0 Å². The summed E-state index contributed by atoms with van der Waals surface area (Å²) < 4.78 is 5.36. The van der Waals surface area contributed by atoms with E-state index in [0.717, 1.165) is 12.8 Å². The van der Waals surface area contributed by atoms with E-state index < -0.39 is 30.4 Å². The summed E-state index contributed by atoms with van der Waals surface area (Å²) in [7, 11) is 1.51. The molecule has 2 amide bonds. The summed E-state index contributed by atoms with van der Waals surface area (Å²) in [6.07, 6.45) is 1.10. The predicted molar refractivity (Wildman–Crippen MR) is 63.8 cm³/mol. The molecule has 0 saturated carbocycles. The largest absolute Gasteiger partial charge is 0.481 e. The van der Waals surface area contributed by atoms with E-state index >= 15 is 0 Å². The fourth-order valence-corrected chi connectivity index (χ4v) is 1.81. The first-order valence-corrected chi connectivity index (χ1v) is 5.98. The second kappa shape index (κ2) is 6.93. The van der Waals surface area contributed by atoms with E-state index in [0.29, 0.717) is 13.2 Å². The van der Waals surface area contributed by atoms with Gasteiger partial charge in [0.15, 0.2) is 0 Å². The predicted octanol–water partition coefficient (Wildman–Crippen LogP) is -0.265. The standard InChI is InChI=1S/C11H18N2O6/c1-13(6-7-3-2-4-19-7)11(18)12-8(10(16)17)5-9(14)15/h7-8H,2-6H2,1H3,(H,12,18)(H,14,15)(H,16,17). The lowest BCUT2D eigenvalue weighted by molar-refractivity contribution is -0.145. The Morgan fingerprint density at radius 3 is 2.58 bits per heavy atom. The van der Waals surface area contributed by atoms with Crippen LogP contribution in [0.3, 0.4) is 0 Å². The van der Waals surface area contributed by atoms with E-state index in [1.54, 1.807) is 0 Å². The zero-order chi connectivity index (χ0) is 14.4. The minimum atomic E-state index is -1.43. The van der Waals surface area contributed by atoms with Gasteiger partial charge in [-0.05, 0) is 12.8 Å². The van der Waals surface area contributed by atoms with Crippen molar-refractivity contribution in [2.45, 2.75) is 31.4 Å². The van der Waals surface area contributed by atoms with Crippen molar-refractivity contribution in [2.75, 3.05) is 20.2 Å². The number of nitrogens with zero attached hydrogens (tertiary/aromatic N) is 1. The van der Waals surface area contributed by atoms with Crippen LogP contribution < -0.4 is 5.32 Å². The van der Waals surface area contributed by atoms with Crippen molar-refractivity contribution < 1.29 is 29.3 Å². The maximum absolute atomic E-state index is 11.7. The Labute approximate surface area is 110 Å². The van der Waals surface area contributed by atoms with Gasteiger partial charge in [-0.2, -0.15) is 0 Å². The Kier molecular flexibility index (Phi) is 5.56. The van der Waals surface area contributed by atoms with Crippen molar-refractivity contribution in [1.29, 1.82) is 0 Å². The van der Waals surface area contributed by atoms with Crippen LogP contribution in [0.25, 0.3) is 0 Å². The maximum Gasteiger partial charge on any atom is 0.326 e. The number of urea groups is 1. The van der Waals surface area contributed by atoms with Crippen LogP contribution in [0.4, 0.5) is 4.79 Å². The quantitative estimate of drug-likeness (QED) is 0.614. The molecule has 0 aliphatic carbocycles. The molecule has 1 rings (SSSR count). The van der Waals surface area contributed by atoms with E-state index in [2.05, 4.69) is 5.32 Å². The number of carbonyl (C=O) groups is 3. The molecule has 0 spiro atoms. The molecular formula is C11H18N2O6. The van der Waals surface area contributed by atoms with Crippen LogP contribution in [-0.2, 0) is 14.3 Å². The minimum absolute atomic E-state index is 0.0431. The number of aliphatic carboxylic acids is 2. The Hall–Kier alpha value is -1.83. The fraction of sp³-hybridized carbons (Fsp3) is 0.727. The van der Waals surface area contributed by atoms with Crippen LogP contribution in [0.2, 0.25) is 0 Å². The highest BCUT2D eigenvalue weighted by Crippen LogP contribution is 2.12. The summed E-state index contributed by atoms with van der Waals surface area (Å²) in [5.74, 6) is -2.66. The average Bonchev–Trinajstić information content (AvgIpc) is 2.79. The molecule has 0 radical (unpaired) electrons. The molecule has 1 aliphatic rings. The molecular weight excluding hydrogens is 256 g/mol. The molecule has 1 aliphatic heterocycles. The SMILES string of the molecule is CN(CC1CCCO1)C(=O)NC(CC(=O)O)C(=O)O. The third kappa shape index (κ3) is 5.12. The first kappa shape index (κ1) is 15.2. The van der Waals surface area contributed by atoms with Gasteiger partial charge < -0.3 is 25.2 Å². The van der Waals surface area contributed by atoms with Crippen molar-refractivity contribution in [1.82, 2.24) is 10.2 Å². The molecule has 3 N–H and O–H groups in total. The van der Waals surface area contributed by atoms with E-state index in [4.69, 9.17) is 14.9 Å². The van der Waals surface area contributed by atoms with Crippen molar-refractivity contribution in [3.05, 3.63) is 0 Å². The second-order valence-corrected chi connectivity index (χ2v) is 4.45. The van der Waals surface area contributed by atoms with Gasteiger partial charge in [0.2, 0.25) is 0 Å². The monoisotopic (exact) mass is 274 g/mol. The Balaban J connectivity index is 2.45. The van der Waals surface area contributed by atoms with E-state index in [1.807, 2.05) is 0 Å². The Morgan fingerprint density at radius 1 is 1.42 bits per heavy atom. The van der Waals surface area contributed by atoms with Gasteiger partial charge in [-0.1, -0.05) is 0 Å². The van der Waals surface area contributed by atoms with Gasteiger partial charge in [-0.3, -0.25) is 4.79 Å². The van der Waals surface area contributed by atoms with Crippen LogP contribution in [-0.4, -0.2) is 65.4 Å². The minimum Gasteiger partial charge on any atom is -0.481 e. The van der Waals surface area contributed by atoms with Crippen molar-refractivity contribution in [3.63, 3.8) is 0 Å². The van der Waals surface area contributed by atoms with Gasteiger partial charge in [0.1, 0.15) is 6.04 Å². The molecule has 2 unspecified atom stereocenters. The van der Waals surface area contributed by atoms with Crippen LogP contribution in [0.1, 0.15) is 19.3 Å². The van der Waals surface area contributed by atoms with Gasteiger partial charge >= 0.3 is 18.0 Å². The van der Waals surface area contributed by atoms with Crippen molar-refractivity contribution >= 4 is 18.0 Å². The van der Waals surface area contributed by atoms with Crippen LogP contribution in [0.5, 0.6) is 0 Å². The number of carboxylic acid groups (broad SMARTS) is 2. The molecule has 1 fully saturated rings. The highest BCUT2D eigenvalue weighted by Gasteiger charge is 2.26. The first-order valence-electron chi connectivity index (χ1n) is 5.98. The van der Waals surface area contributed by atoms with E-state index in [9.17, 15) is 14.4 Å². The number of hydrogen-bond acceptors (Lipinski definition) is 4. The molecule has 108 valence electrons. The normalized spacial score (nSPS) is 19.7. The molecule has 0 aromatic heterocycles. The smallest absolute Gasteiger partial charge is 0.326 e. The van der Waals surface area contributed by atoms with Gasteiger partial charge in [0.05, 0.1) is 12.5 Å². The number of ether oxygens (including phenoxy) is 1. The van der Waals surface area contributed by atoms with Gasteiger partial charge in [-0.15, -0.1) is 0 Å². The molecule has 0 aromatic rings. The summed E-state index contributed by atoms with van der Waals surface area (Å²) in [5, 5.41) is 19.6. The number of hydrogen-bond donors (Lipinski definition) is 3. The third-order valence-corrected chi connectivity index (χ3v) is 2.82. The van der Waals surface area contributed by atoms with Gasteiger partial charge in [0.25, 0.3) is 0 Å². The summed E-state index contributed by atoms with van der Waals surface area (Å²) in [6, 6.07) is -2.05. The Morgan fingerprint density at radius 2 is 2.11 bits per heavy atom. The van der Waals surface area contributed by atoms with Crippen LogP contribution >= 0.6 is 0 Å². The third-order valence-electron chi connectivity index (χ3n) is 2.82. The average molecular weight is 274 g/mol. The van der Waals surface area contributed by atoms with Crippen molar-refractivity contribution in [3.8, 4) is 0 Å². The van der Waals surface area contributed by atoms with E-state index in [-0.39, 0.29) is 6.10 Å². The number of amides is 2. The van der Waals surface area contributed by atoms with Gasteiger partial charge in [-0.25, -0.2) is 9.59 Å². The van der Waals surface area contributed by atoms with Crippen LogP contribution in [0.15, 0.2) is 0 Å². The highest BCUT2D eigenvalue weighted by molar-refractivity contribution is 5.86. The number of rotatable bonds is 6. The lowest BCUT2D eigenvalue weighted by Gasteiger charge is -2.23. The molecule has 19 heavy (non-hydrogen) atoms. The molecule has 1 heterocycles. The number of carbonyl (C=O) groups excluding carboxylic acids is 1. The zero-order valence-electron chi connectivity index (χ0n) is 10.7. The molecule has 0 bridgehead atoms. The number of carboxylic acids is 2.